The summed E-state index contributed by atoms with van der Waals surface area (Å²) in [5.41, 5.74) is 1.14. The second-order valence-corrected chi connectivity index (χ2v) is 4.95. The van der Waals surface area contributed by atoms with Crippen molar-refractivity contribution < 1.29 is 24.2 Å². The number of morpholine rings is 1. The smallest absolute Gasteiger partial charge is 0.334 e. The van der Waals surface area contributed by atoms with Gasteiger partial charge in [-0.3, -0.25) is 4.79 Å². The highest BCUT2D eigenvalue weighted by molar-refractivity contribution is 5.78. The van der Waals surface area contributed by atoms with Crippen molar-refractivity contribution in [3.8, 4) is 5.75 Å². The Hall–Kier alpha value is -2.08. The summed E-state index contributed by atoms with van der Waals surface area (Å²) >= 11 is 0. The average molecular weight is 293 g/mol. The number of nitrogens with zero attached hydrogens (tertiary/aromatic N) is 1. The Morgan fingerprint density at radius 1 is 1.38 bits per heavy atom. The normalized spacial score (nSPS) is 18.3. The van der Waals surface area contributed by atoms with Crippen LogP contribution in [0.3, 0.4) is 0 Å². The molecule has 6 nitrogen and oxygen atoms in total. The van der Waals surface area contributed by atoms with E-state index >= 15 is 0 Å². The van der Waals surface area contributed by atoms with Gasteiger partial charge in [-0.05, 0) is 19.1 Å². The second-order valence-electron chi connectivity index (χ2n) is 4.95. The highest BCUT2D eigenvalue weighted by atomic mass is 16.5. The molecule has 1 amide bonds. The summed E-state index contributed by atoms with van der Waals surface area (Å²) in [5, 5.41) is 8.90. The molecular formula is C15H19NO5. The number of aliphatic carboxylic acids is 1. The molecule has 1 aliphatic rings. The summed E-state index contributed by atoms with van der Waals surface area (Å²) in [5.74, 6) is -0.432. The molecule has 0 aliphatic carbocycles. The van der Waals surface area contributed by atoms with E-state index in [-0.39, 0.29) is 32.1 Å². The molecular weight excluding hydrogens is 274 g/mol. The highest BCUT2D eigenvalue weighted by Gasteiger charge is 2.28. The number of carbonyl (C=O) groups is 2. The molecule has 21 heavy (non-hydrogen) atoms. The van der Waals surface area contributed by atoms with Crippen molar-refractivity contribution in [2.24, 2.45) is 0 Å². The van der Waals surface area contributed by atoms with Gasteiger partial charge in [0.1, 0.15) is 5.75 Å². The van der Waals surface area contributed by atoms with E-state index in [4.69, 9.17) is 14.6 Å². The Bertz CT molecular complexity index is 499. The number of carbonyl (C=O) groups excluding carboxylic acids is 1. The van der Waals surface area contributed by atoms with Crippen molar-refractivity contribution in [3.63, 3.8) is 0 Å². The first-order valence-electron chi connectivity index (χ1n) is 6.88. The van der Waals surface area contributed by atoms with Crippen molar-refractivity contribution in [1.82, 2.24) is 4.90 Å². The molecule has 1 aliphatic heterocycles. The fourth-order valence-corrected chi connectivity index (χ4v) is 2.07. The molecule has 1 fully saturated rings. The first kappa shape index (κ1) is 15.3. The van der Waals surface area contributed by atoms with Crippen LogP contribution < -0.4 is 4.74 Å². The van der Waals surface area contributed by atoms with Crippen molar-refractivity contribution in [3.05, 3.63) is 29.8 Å². The Morgan fingerprint density at radius 2 is 2.10 bits per heavy atom. The number of hydrogen-bond acceptors (Lipinski definition) is 4. The lowest BCUT2D eigenvalue weighted by atomic mass is 10.2. The van der Waals surface area contributed by atoms with Gasteiger partial charge in [0.05, 0.1) is 26.2 Å². The third kappa shape index (κ3) is 4.46. The minimum absolute atomic E-state index is 0.0959. The van der Waals surface area contributed by atoms with E-state index in [0.29, 0.717) is 6.54 Å². The van der Waals surface area contributed by atoms with Crippen molar-refractivity contribution >= 4 is 11.9 Å². The number of hydrogen-bond donors (Lipinski definition) is 1. The lowest BCUT2D eigenvalue weighted by molar-refractivity contribution is -0.159. The van der Waals surface area contributed by atoms with Crippen LogP contribution in [-0.4, -0.2) is 54.3 Å². The van der Waals surface area contributed by atoms with E-state index in [1.807, 2.05) is 31.2 Å². The lowest BCUT2D eigenvalue weighted by Crippen LogP contribution is -2.48. The van der Waals surface area contributed by atoms with Crippen LogP contribution in [0.25, 0.3) is 0 Å². The van der Waals surface area contributed by atoms with E-state index in [1.54, 1.807) is 0 Å². The Kier molecular flexibility index (Phi) is 5.16. The minimum atomic E-state index is -1.04. The standard InChI is InChI=1S/C15H19NO5/c1-11-2-4-12(5-3-11)20-8-6-14(17)16-7-9-21-13(10-16)15(18)19/h2-5,13H,6-10H2,1H3,(H,18,19). The van der Waals surface area contributed by atoms with Crippen LogP contribution in [0, 0.1) is 6.92 Å². The van der Waals surface area contributed by atoms with E-state index in [2.05, 4.69) is 0 Å². The molecule has 1 saturated heterocycles. The maximum absolute atomic E-state index is 12.0. The summed E-state index contributed by atoms with van der Waals surface area (Å²) < 4.78 is 10.6. The van der Waals surface area contributed by atoms with E-state index in [9.17, 15) is 9.59 Å². The molecule has 1 atom stereocenters. The summed E-state index contributed by atoms with van der Waals surface area (Å²) in [6.07, 6.45) is -0.707. The molecule has 0 spiro atoms. The van der Waals surface area contributed by atoms with Crippen LogP contribution in [0.4, 0.5) is 0 Å². The Balaban J connectivity index is 1.76. The number of amides is 1. The third-order valence-corrected chi connectivity index (χ3v) is 3.30. The van der Waals surface area contributed by atoms with Gasteiger partial charge in [0, 0.05) is 6.54 Å². The maximum atomic E-state index is 12.0. The van der Waals surface area contributed by atoms with Crippen molar-refractivity contribution in [1.29, 1.82) is 0 Å². The monoisotopic (exact) mass is 293 g/mol. The molecule has 1 heterocycles. The molecule has 1 unspecified atom stereocenters. The zero-order valence-corrected chi connectivity index (χ0v) is 11.9. The SMILES string of the molecule is Cc1ccc(OCCC(=O)N2CCOC(C(=O)O)C2)cc1. The molecule has 1 N–H and O–H groups in total. The maximum Gasteiger partial charge on any atom is 0.334 e. The van der Waals surface area contributed by atoms with Crippen LogP contribution in [0.2, 0.25) is 0 Å². The summed E-state index contributed by atoms with van der Waals surface area (Å²) in [6, 6.07) is 7.59. The van der Waals surface area contributed by atoms with Gasteiger partial charge in [0.25, 0.3) is 0 Å². The highest BCUT2D eigenvalue weighted by Crippen LogP contribution is 2.12. The average Bonchev–Trinajstić information content (AvgIpc) is 2.49. The summed E-state index contributed by atoms with van der Waals surface area (Å²) in [6.45, 7) is 3.04. The van der Waals surface area contributed by atoms with Gasteiger partial charge in [-0.15, -0.1) is 0 Å². The topological polar surface area (TPSA) is 76.1 Å². The number of rotatable bonds is 5. The predicted molar refractivity (Wildman–Crippen MR) is 75.2 cm³/mol. The first-order chi connectivity index (χ1) is 10.1. The van der Waals surface area contributed by atoms with Gasteiger partial charge in [-0.2, -0.15) is 0 Å². The molecule has 2 rings (SSSR count). The van der Waals surface area contributed by atoms with Crippen LogP contribution in [0.15, 0.2) is 24.3 Å². The minimum Gasteiger partial charge on any atom is -0.493 e. The predicted octanol–water partition coefficient (Wildman–Crippen LogP) is 1.08. The largest absolute Gasteiger partial charge is 0.493 e. The number of carboxylic acids is 1. The van der Waals surface area contributed by atoms with Gasteiger partial charge in [-0.25, -0.2) is 4.79 Å². The zero-order chi connectivity index (χ0) is 15.2. The van der Waals surface area contributed by atoms with E-state index in [0.717, 1.165) is 11.3 Å². The molecule has 6 heteroatoms. The molecule has 114 valence electrons. The molecule has 1 aromatic rings. The van der Waals surface area contributed by atoms with Gasteiger partial charge in [0.2, 0.25) is 5.91 Å². The number of aryl methyl sites for hydroxylation is 1. The lowest BCUT2D eigenvalue weighted by Gasteiger charge is -2.30. The van der Waals surface area contributed by atoms with Gasteiger partial charge < -0.3 is 19.5 Å². The number of ether oxygens (including phenoxy) is 2. The van der Waals surface area contributed by atoms with Gasteiger partial charge >= 0.3 is 5.97 Å². The van der Waals surface area contributed by atoms with Crippen LogP contribution in [-0.2, 0) is 14.3 Å². The molecule has 0 radical (unpaired) electrons. The van der Waals surface area contributed by atoms with Gasteiger partial charge in [0.15, 0.2) is 6.10 Å². The molecule has 0 bridgehead atoms. The van der Waals surface area contributed by atoms with Crippen LogP contribution in [0.1, 0.15) is 12.0 Å². The molecule has 0 saturated carbocycles. The first-order valence-corrected chi connectivity index (χ1v) is 6.88. The fourth-order valence-electron chi connectivity index (χ4n) is 2.07. The summed E-state index contributed by atoms with van der Waals surface area (Å²) in [4.78, 5) is 24.4. The quantitative estimate of drug-likeness (QED) is 0.879. The zero-order valence-electron chi connectivity index (χ0n) is 11.9. The van der Waals surface area contributed by atoms with Gasteiger partial charge in [-0.1, -0.05) is 17.7 Å². The molecule has 1 aromatic carbocycles. The van der Waals surface area contributed by atoms with Crippen molar-refractivity contribution in [2.45, 2.75) is 19.4 Å². The van der Waals surface area contributed by atoms with Crippen LogP contribution in [0.5, 0.6) is 5.75 Å². The van der Waals surface area contributed by atoms with E-state index < -0.39 is 12.1 Å². The third-order valence-electron chi connectivity index (χ3n) is 3.30. The van der Waals surface area contributed by atoms with Crippen LogP contribution >= 0.6 is 0 Å². The Morgan fingerprint density at radius 3 is 2.76 bits per heavy atom. The number of carboxylic acid groups (broad SMARTS) is 1. The second kappa shape index (κ2) is 7.08. The van der Waals surface area contributed by atoms with Crippen molar-refractivity contribution in [2.75, 3.05) is 26.3 Å². The molecule has 0 aromatic heterocycles. The Labute approximate surface area is 123 Å². The summed E-state index contributed by atoms with van der Waals surface area (Å²) in [7, 11) is 0. The fraction of sp³-hybridized carbons (Fsp3) is 0.467. The number of benzene rings is 1. The van der Waals surface area contributed by atoms with E-state index in [1.165, 1.54) is 4.90 Å².